The van der Waals surface area contributed by atoms with Crippen LogP contribution in [0.5, 0.6) is 0 Å². The van der Waals surface area contributed by atoms with E-state index in [0.29, 0.717) is 39.4 Å². The van der Waals surface area contributed by atoms with Crippen LogP contribution in [-0.4, -0.2) is 234 Å². The van der Waals surface area contributed by atoms with Gasteiger partial charge in [0.25, 0.3) is 0 Å². The second-order valence-corrected chi connectivity index (χ2v) is 30.0. The third-order valence-electron chi connectivity index (χ3n) is 18.2. The predicted molar refractivity (Wildman–Crippen MR) is 414 cm³/mol. The van der Waals surface area contributed by atoms with Crippen LogP contribution in [0.3, 0.4) is 0 Å². The second kappa shape index (κ2) is 43.7. The highest BCUT2D eigenvalue weighted by atomic mass is 33.1. The number of aromatic amines is 3. The number of benzene rings is 2. The number of nitrogens with two attached hydrogens (primary N) is 4. The standard InChI is InChI=1S/C71H100N22O18S2/c1-8-34(4)57(83-37(7)95)70(111)91-52-31-113-112-30-51(68(109)93-58(36(6)94)59(73)100)90-62(103)45(18-13-21-77-71(74)75)84-65(106)49(24-40-28-76-32-81-40)86-60(101)35(5)82-54(97)29-80-61(102)47(22-38-26-78-43-16-11-9-14-41(38)43)87-66(107)50(25-55(98)99)88-63(104)46(19-20-53(72)96)85-64(105)48(89-69(110)56(33(2)3)92-67(52)108)23-39-27-79-44-17-12-10-15-42(39)44/h9-12,14-17,26-28,32-36,45-52,56-58,78-79,94H,8,13,18-25,29-31H2,1-7H3,(H2,72,96)(H2,73,100)(H,76,81)(H,80,102)(H,82,97)(H,83,95)(H,84,106)(H,85,105)(H,86,101)(H,87,107)(H,88,104)(H,89,110)(H,90,103)(H,91,111)(H,92,108)(H,93,109)(H,98,99)(H4,74,75,77)/t34-,35-,36+,45-,46-,47-,48+,49+,50+,51-,52-,56+,57-,58+/m0/s1. The fraction of sp³-hybridized carbons (Fsp3) is 0.493. The number of carbonyl (C=O) groups excluding carboxylic acids is 15. The van der Waals surface area contributed by atoms with Gasteiger partial charge in [0.05, 0.1) is 25.4 Å². The molecule has 14 atom stereocenters. The molecule has 0 radical (unpaired) electrons. The molecule has 42 heteroatoms. The zero-order valence-electron chi connectivity index (χ0n) is 63.2. The molecule has 5 aromatic rings. The maximum absolute atomic E-state index is 15.1. The predicted octanol–water partition coefficient (Wildman–Crippen LogP) is -4.87. The number of carboxylic acids is 1. The van der Waals surface area contributed by atoms with E-state index in [1.807, 2.05) is 0 Å². The van der Waals surface area contributed by atoms with Crippen molar-refractivity contribution in [3.63, 3.8) is 0 Å². The van der Waals surface area contributed by atoms with Crippen LogP contribution in [0, 0.1) is 11.8 Å². The summed E-state index contributed by atoms with van der Waals surface area (Å²) >= 11 is 0. The third-order valence-corrected chi connectivity index (χ3v) is 20.6. The molecule has 15 amide bonds. The number of rotatable bonds is 25. The quantitative estimate of drug-likeness (QED) is 0.0113. The fourth-order valence-electron chi connectivity index (χ4n) is 11.8. The molecule has 0 unspecified atom stereocenters. The Balaban J connectivity index is 1.47. The Morgan fingerprint density at radius 2 is 1.14 bits per heavy atom. The molecule has 1 aliphatic heterocycles. The average Bonchev–Trinajstić information content (AvgIpc) is 1.73. The van der Waals surface area contributed by atoms with Crippen molar-refractivity contribution < 1.29 is 86.9 Å². The van der Waals surface area contributed by atoms with Gasteiger partial charge in [-0.15, -0.1) is 0 Å². The first kappa shape index (κ1) is 90.1. The molecule has 6 rings (SSSR count). The minimum absolute atomic E-state index is 0.0182. The summed E-state index contributed by atoms with van der Waals surface area (Å²) in [4.78, 5) is 242. The van der Waals surface area contributed by atoms with Crippen LogP contribution < -0.4 is 92.1 Å². The molecule has 4 heterocycles. The van der Waals surface area contributed by atoms with E-state index < -0.39 is 222 Å². The second-order valence-electron chi connectivity index (χ2n) is 27.4. The maximum Gasteiger partial charge on any atom is 0.305 e. The van der Waals surface area contributed by atoms with E-state index in [4.69, 9.17) is 22.9 Å². The number of amides is 15. The molecule has 26 N–H and O–H groups in total. The number of aliphatic carboxylic acids is 1. The Labute approximate surface area is 656 Å². The fourth-order valence-corrected chi connectivity index (χ4v) is 14.1. The van der Waals surface area contributed by atoms with Crippen LogP contribution >= 0.6 is 21.6 Å². The Morgan fingerprint density at radius 3 is 1.69 bits per heavy atom. The van der Waals surface area contributed by atoms with E-state index in [9.17, 15) is 72.5 Å². The summed E-state index contributed by atoms with van der Waals surface area (Å²) < 4.78 is 0. The van der Waals surface area contributed by atoms with Gasteiger partial charge < -0.3 is 117 Å². The number of nitrogens with zero attached hydrogens (tertiary/aromatic N) is 2. The van der Waals surface area contributed by atoms with Crippen LogP contribution in [0.15, 0.2) is 78.4 Å². The summed E-state index contributed by atoms with van der Waals surface area (Å²) in [5.41, 5.74) is 24.7. The normalized spacial score (nSPS) is 22.7. The maximum atomic E-state index is 15.1. The van der Waals surface area contributed by atoms with Crippen LogP contribution in [0.4, 0.5) is 0 Å². The molecule has 614 valence electrons. The number of hydrogen-bond donors (Lipinski definition) is 22. The van der Waals surface area contributed by atoms with Gasteiger partial charge in [-0.25, -0.2) is 4.98 Å². The van der Waals surface area contributed by atoms with Crippen molar-refractivity contribution in [1.82, 2.24) is 89.1 Å². The van der Waals surface area contributed by atoms with Gasteiger partial charge in [-0.1, -0.05) is 92.1 Å². The summed E-state index contributed by atoms with van der Waals surface area (Å²) in [6, 6.07) is -6.21. The van der Waals surface area contributed by atoms with Crippen molar-refractivity contribution in [3.05, 3.63) is 90.3 Å². The van der Waals surface area contributed by atoms with Crippen molar-refractivity contribution in [2.24, 2.45) is 39.8 Å². The number of H-pyrrole nitrogens is 3. The number of primary amides is 2. The lowest BCUT2D eigenvalue weighted by atomic mass is 9.97. The number of para-hydroxylation sites is 2. The highest BCUT2D eigenvalue weighted by molar-refractivity contribution is 8.76. The summed E-state index contributed by atoms with van der Waals surface area (Å²) in [5.74, 6) is -19.8. The van der Waals surface area contributed by atoms with Gasteiger partial charge in [0.1, 0.15) is 72.5 Å². The van der Waals surface area contributed by atoms with E-state index in [1.165, 1.54) is 46.4 Å². The van der Waals surface area contributed by atoms with Crippen molar-refractivity contribution in [2.75, 3.05) is 24.6 Å². The lowest BCUT2D eigenvalue weighted by Crippen LogP contribution is -2.61. The van der Waals surface area contributed by atoms with E-state index in [-0.39, 0.29) is 50.3 Å². The van der Waals surface area contributed by atoms with E-state index in [2.05, 4.69) is 94.0 Å². The van der Waals surface area contributed by atoms with Crippen molar-refractivity contribution in [1.29, 1.82) is 0 Å². The van der Waals surface area contributed by atoms with Gasteiger partial charge in [-0.3, -0.25) is 81.7 Å². The minimum atomic E-state index is -2.06. The van der Waals surface area contributed by atoms with Crippen LogP contribution in [-0.2, 0) is 96.0 Å². The minimum Gasteiger partial charge on any atom is -0.481 e. The van der Waals surface area contributed by atoms with Gasteiger partial charge >= 0.3 is 5.97 Å². The summed E-state index contributed by atoms with van der Waals surface area (Å²) in [7, 11) is 1.65. The van der Waals surface area contributed by atoms with Crippen molar-refractivity contribution in [3.8, 4) is 0 Å². The van der Waals surface area contributed by atoms with Gasteiger partial charge in [-0.2, -0.15) is 0 Å². The lowest BCUT2D eigenvalue weighted by Gasteiger charge is -2.29. The number of aromatic nitrogens is 4. The Hall–Kier alpha value is -11.8. The SMILES string of the molecule is CC[C@H](C)[C@H](NC(C)=O)C(=O)N[C@H]1CSSC[C@@H](C(=O)N[C@@H](C(N)=O)[C@@H](C)O)NC(=O)[C@H](CCCN=C(N)N)NC(=O)[C@@H](Cc2cnc[nH]2)NC(=O)[C@H](C)NC(=O)CNC(=O)[C@H](Cc2c[nH]c3ccccc23)NC(=O)[C@@H](CC(=O)O)NC(=O)[C@H](CCC(N)=O)NC(=O)[C@@H](Cc2c[nH]c3ccccc23)NC(=O)[C@@H](C(C)C)NC1=O. The molecule has 40 nitrogen and oxygen atoms in total. The molecule has 3 aromatic heterocycles. The molecule has 0 bridgehead atoms. The highest BCUT2D eigenvalue weighted by Crippen LogP contribution is 2.26. The topological polar surface area (TPSA) is 647 Å². The molecule has 0 saturated carbocycles. The Bertz CT molecular complexity index is 4260. The number of hydrogen-bond acceptors (Lipinski definition) is 21. The van der Waals surface area contributed by atoms with Crippen LogP contribution in [0.25, 0.3) is 21.8 Å². The number of fused-ring (bicyclic) bond motifs is 2. The number of guanidine groups is 1. The van der Waals surface area contributed by atoms with Gasteiger partial charge in [0.15, 0.2) is 5.96 Å². The molecule has 0 aliphatic carbocycles. The van der Waals surface area contributed by atoms with Crippen molar-refractivity contribution >= 4 is 144 Å². The summed E-state index contributed by atoms with van der Waals surface area (Å²) in [6.45, 7) is 9.05. The zero-order chi connectivity index (χ0) is 83.3. The van der Waals surface area contributed by atoms with Gasteiger partial charge in [0.2, 0.25) is 88.6 Å². The van der Waals surface area contributed by atoms with E-state index >= 15 is 14.4 Å². The average molecular weight is 1610 g/mol. The molecule has 1 aliphatic rings. The number of aliphatic imine (C=N–C) groups is 1. The number of aliphatic hydroxyl groups is 1. The highest BCUT2D eigenvalue weighted by Gasteiger charge is 2.39. The molecular weight excluding hydrogens is 1510 g/mol. The number of nitrogens with one attached hydrogen (secondary N) is 16. The zero-order valence-corrected chi connectivity index (χ0v) is 64.9. The molecule has 1 saturated heterocycles. The summed E-state index contributed by atoms with van der Waals surface area (Å²) in [5, 5.41) is 54.7. The van der Waals surface area contributed by atoms with Gasteiger partial charge in [0, 0.05) is 96.7 Å². The number of imidazole rings is 1. The molecule has 0 spiro atoms. The largest absolute Gasteiger partial charge is 0.481 e. The number of carbonyl (C=O) groups is 16. The first-order chi connectivity index (χ1) is 53.5. The molecule has 1 fully saturated rings. The number of carboxylic acid groups (broad SMARTS) is 1. The monoisotopic (exact) mass is 1610 g/mol. The van der Waals surface area contributed by atoms with Crippen LogP contribution in [0.1, 0.15) is 104 Å². The summed E-state index contributed by atoms with van der Waals surface area (Å²) in [6.07, 6.45) is 0.790. The third kappa shape index (κ3) is 28.2. The molecule has 113 heavy (non-hydrogen) atoms. The Kier molecular flexibility index (Phi) is 34.8. The first-order valence-electron chi connectivity index (χ1n) is 36.3. The smallest absolute Gasteiger partial charge is 0.305 e. The van der Waals surface area contributed by atoms with E-state index in [1.54, 1.807) is 68.6 Å². The van der Waals surface area contributed by atoms with Crippen molar-refractivity contribution in [2.45, 2.75) is 185 Å². The Morgan fingerprint density at radius 1 is 0.611 bits per heavy atom. The van der Waals surface area contributed by atoms with Gasteiger partial charge in [-0.05, 0) is 68.2 Å². The first-order valence-corrected chi connectivity index (χ1v) is 38.7. The number of aliphatic hydroxyl groups excluding tert-OH is 1. The molecular formula is C71H100N22O18S2. The van der Waals surface area contributed by atoms with Crippen LogP contribution in [0.2, 0.25) is 0 Å². The van der Waals surface area contributed by atoms with E-state index in [0.717, 1.165) is 28.5 Å². The lowest BCUT2D eigenvalue weighted by molar-refractivity contribution is -0.141. The molecule has 2 aromatic carbocycles.